The van der Waals surface area contributed by atoms with Crippen LogP contribution in [0.1, 0.15) is 52.9 Å². The molecule has 5 aliphatic rings. The van der Waals surface area contributed by atoms with Gasteiger partial charge >= 0.3 is 0 Å². The molecule has 3 aliphatic carbocycles. The monoisotopic (exact) mass is 584 g/mol. The Hall–Kier alpha value is -2.20. The first-order chi connectivity index (χ1) is 17.7. The number of hydrogen-bond acceptors (Lipinski definition) is 7. The third kappa shape index (κ3) is 3.23. The van der Waals surface area contributed by atoms with Gasteiger partial charge in [0.15, 0.2) is 17.3 Å². The molecule has 3 heterocycles. The highest BCUT2D eigenvalue weighted by Crippen LogP contribution is 2.66. The maximum atomic E-state index is 13.9. The highest BCUT2D eigenvalue weighted by Gasteiger charge is 2.75. The summed E-state index contributed by atoms with van der Waals surface area (Å²) in [5.41, 5.74) is -0.970. The average Bonchev–Trinajstić information content (AvgIpc) is 3.48. The zero-order valence-electron chi connectivity index (χ0n) is 20.5. The predicted molar refractivity (Wildman–Crippen MR) is 143 cm³/mol. The van der Waals surface area contributed by atoms with Crippen LogP contribution in [0, 0.1) is 5.92 Å². The Morgan fingerprint density at radius 3 is 2.86 bits per heavy atom. The second-order valence-corrected chi connectivity index (χ2v) is 13.1. The number of phenolic OH excluding ortho intramolecular Hbond substituents is 1. The molecule has 2 saturated carbocycles. The van der Waals surface area contributed by atoms with E-state index in [0.29, 0.717) is 48.6 Å². The number of benzene rings is 1. The van der Waals surface area contributed by atoms with E-state index in [1.807, 2.05) is 17.5 Å². The van der Waals surface area contributed by atoms with Crippen LogP contribution in [0.15, 0.2) is 34.1 Å². The van der Waals surface area contributed by atoms with Gasteiger partial charge in [0.1, 0.15) is 17.7 Å². The number of likely N-dealkylation sites (tertiary alicyclic amines) is 1. The lowest BCUT2D eigenvalue weighted by atomic mass is 9.48. The minimum Gasteiger partial charge on any atom is -0.504 e. The van der Waals surface area contributed by atoms with E-state index in [0.717, 1.165) is 15.9 Å². The fourth-order valence-corrected chi connectivity index (χ4v) is 8.88. The summed E-state index contributed by atoms with van der Waals surface area (Å²) in [5, 5.41) is 25.3. The number of Topliss-reactive ketones (excluding diaryl/α,β-unsaturated/α-hetero) is 1. The Morgan fingerprint density at radius 1 is 1.32 bits per heavy atom. The van der Waals surface area contributed by atoms with E-state index in [-0.39, 0.29) is 23.5 Å². The van der Waals surface area contributed by atoms with Crippen molar-refractivity contribution in [1.29, 1.82) is 0 Å². The van der Waals surface area contributed by atoms with Gasteiger partial charge in [0, 0.05) is 52.1 Å². The molecule has 9 heteroatoms. The minimum absolute atomic E-state index is 0.0209. The highest BCUT2D eigenvalue weighted by molar-refractivity contribution is 9.10. The highest BCUT2D eigenvalue weighted by atomic mass is 79.9. The molecule has 7 rings (SSSR count). The summed E-state index contributed by atoms with van der Waals surface area (Å²) in [6.45, 7) is 1.51. The first kappa shape index (κ1) is 23.9. The molecule has 0 radical (unpaired) electrons. The van der Waals surface area contributed by atoms with Gasteiger partial charge in [-0.15, -0.1) is 11.3 Å². The molecule has 2 N–H and O–H groups in total. The number of aliphatic hydroxyl groups is 1. The number of rotatable bonds is 5. The summed E-state index contributed by atoms with van der Waals surface area (Å²) >= 11 is 5.00. The van der Waals surface area contributed by atoms with Crippen LogP contribution in [-0.4, -0.2) is 75.6 Å². The van der Waals surface area contributed by atoms with Crippen LogP contribution in [0.25, 0.3) is 6.08 Å². The van der Waals surface area contributed by atoms with Crippen molar-refractivity contribution in [2.45, 2.75) is 61.3 Å². The molecule has 3 fully saturated rings. The number of ether oxygens (including phenoxy) is 1. The standard InChI is InChI=1S/C28H29BrN2O5S/c1-30(21(33)7-4-17-12-16(29)14-37-17)19-8-9-28(35)25-23(34)18-5-6-20(32)24-22(18)27(28,26(19)36-24)10-11-31(25)13-15-2-3-15/h4-7,12,14-15,19,25-26,32,35H,2-3,8-11,13H2,1H3/b7-4+/t19-,25+,26-,27-,28+/m0/s1. The molecular weight excluding hydrogens is 556 g/mol. The number of thiophene rings is 1. The third-order valence-electron chi connectivity index (χ3n) is 9.39. The Labute approximate surface area is 227 Å². The number of amides is 1. The topological polar surface area (TPSA) is 90.3 Å². The van der Waals surface area contributed by atoms with Crippen LogP contribution < -0.4 is 4.74 Å². The number of carbonyl (C=O) groups excluding carboxylic acids is 2. The SMILES string of the molecule is CN(C(=O)/C=C/c1cc(Br)cs1)[C@H]1CC[C@@]2(O)[C@H]3C(=O)c4ccc(O)c5c4[C@@]2(CCN3CC2CC2)[C@H]1O5. The van der Waals surface area contributed by atoms with E-state index in [4.69, 9.17) is 4.74 Å². The Bertz CT molecular complexity index is 1350. The van der Waals surface area contributed by atoms with E-state index in [2.05, 4.69) is 20.8 Å². The summed E-state index contributed by atoms with van der Waals surface area (Å²) in [7, 11) is 1.78. The van der Waals surface area contributed by atoms with E-state index in [1.165, 1.54) is 18.9 Å². The quantitative estimate of drug-likeness (QED) is 0.517. The molecule has 1 spiro atoms. The van der Waals surface area contributed by atoms with Crippen LogP contribution in [-0.2, 0) is 10.2 Å². The maximum absolute atomic E-state index is 13.9. The van der Waals surface area contributed by atoms with Crippen molar-refractivity contribution in [3.05, 3.63) is 50.1 Å². The summed E-state index contributed by atoms with van der Waals surface area (Å²) in [5.74, 6) is 0.651. The van der Waals surface area contributed by atoms with E-state index in [1.54, 1.807) is 35.4 Å². The number of nitrogens with zero attached hydrogens (tertiary/aromatic N) is 2. The van der Waals surface area contributed by atoms with Crippen LogP contribution >= 0.6 is 27.3 Å². The van der Waals surface area contributed by atoms with Gasteiger partial charge in [0.25, 0.3) is 0 Å². The largest absolute Gasteiger partial charge is 0.504 e. The molecule has 5 atom stereocenters. The lowest BCUT2D eigenvalue weighted by Gasteiger charge is -2.63. The van der Waals surface area contributed by atoms with Gasteiger partial charge in [-0.1, -0.05) is 0 Å². The van der Waals surface area contributed by atoms with Crippen molar-refractivity contribution < 1.29 is 24.5 Å². The zero-order valence-corrected chi connectivity index (χ0v) is 22.9. The van der Waals surface area contributed by atoms with Crippen molar-refractivity contribution in [3.8, 4) is 11.5 Å². The number of halogens is 1. The van der Waals surface area contributed by atoms with Crippen LogP contribution in [0.2, 0.25) is 0 Å². The minimum atomic E-state index is -1.31. The molecule has 1 aromatic heterocycles. The number of phenols is 1. The van der Waals surface area contributed by atoms with Gasteiger partial charge in [-0.25, -0.2) is 0 Å². The van der Waals surface area contributed by atoms with Gasteiger partial charge in [-0.3, -0.25) is 14.5 Å². The summed E-state index contributed by atoms with van der Waals surface area (Å²) in [6, 6.07) is 4.24. The van der Waals surface area contributed by atoms with Crippen molar-refractivity contribution >= 4 is 45.0 Å². The number of hydrogen-bond donors (Lipinski definition) is 2. The van der Waals surface area contributed by atoms with Crippen LogP contribution in [0.3, 0.4) is 0 Å². The molecule has 1 saturated heterocycles. The molecule has 1 aromatic carbocycles. The smallest absolute Gasteiger partial charge is 0.246 e. The fraction of sp³-hybridized carbons (Fsp3) is 0.500. The summed E-state index contributed by atoms with van der Waals surface area (Å²) in [6.07, 6.45) is 6.70. The van der Waals surface area contributed by atoms with E-state index < -0.39 is 23.2 Å². The number of ketones is 1. The van der Waals surface area contributed by atoms with Crippen molar-refractivity contribution in [2.75, 3.05) is 20.1 Å². The second-order valence-electron chi connectivity index (χ2n) is 11.3. The number of likely N-dealkylation sites (N-methyl/N-ethyl adjacent to an activating group) is 1. The van der Waals surface area contributed by atoms with E-state index >= 15 is 0 Å². The second kappa shape index (κ2) is 8.15. The average molecular weight is 586 g/mol. The molecule has 0 unspecified atom stereocenters. The molecule has 7 nitrogen and oxygen atoms in total. The van der Waals surface area contributed by atoms with Gasteiger partial charge in [-0.05, 0) is 78.2 Å². The normalized spacial score (nSPS) is 33.9. The number of piperidine rings is 1. The van der Waals surface area contributed by atoms with Gasteiger partial charge in [0.2, 0.25) is 5.91 Å². The first-order valence-corrected chi connectivity index (χ1v) is 14.6. The number of aromatic hydroxyl groups is 1. The molecule has 37 heavy (non-hydrogen) atoms. The van der Waals surface area contributed by atoms with Gasteiger partial charge in [-0.2, -0.15) is 0 Å². The molecular formula is C28H29BrN2O5S. The van der Waals surface area contributed by atoms with Crippen LogP contribution in [0.4, 0.5) is 0 Å². The molecule has 2 aliphatic heterocycles. The summed E-state index contributed by atoms with van der Waals surface area (Å²) < 4.78 is 7.48. The fourth-order valence-electron chi connectivity index (χ4n) is 7.54. The Balaban J connectivity index is 1.29. The van der Waals surface area contributed by atoms with Crippen molar-refractivity contribution in [3.63, 3.8) is 0 Å². The van der Waals surface area contributed by atoms with Gasteiger partial charge in [0.05, 0.1) is 11.5 Å². The van der Waals surface area contributed by atoms with Gasteiger partial charge < -0.3 is 19.8 Å². The predicted octanol–water partition coefficient (Wildman–Crippen LogP) is 3.96. The van der Waals surface area contributed by atoms with E-state index in [9.17, 15) is 19.8 Å². The molecule has 1 amide bonds. The molecule has 194 valence electrons. The maximum Gasteiger partial charge on any atom is 0.246 e. The third-order valence-corrected chi connectivity index (χ3v) is 11.1. The van der Waals surface area contributed by atoms with Crippen LogP contribution in [0.5, 0.6) is 11.5 Å². The Kier molecular flexibility index (Phi) is 5.26. The lowest BCUT2D eigenvalue weighted by molar-refractivity contribution is -0.187. The zero-order chi connectivity index (χ0) is 25.7. The summed E-state index contributed by atoms with van der Waals surface area (Å²) in [4.78, 5) is 32.1. The number of carbonyl (C=O) groups is 2. The molecule has 2 bridgehead atoms. The van der Waals surface area contributed by atoms with Crippen molar-refractivity contribution in [2.24, 2.45) is 5.92 Å². The first-order valence-electron chi connectivity index (χ1n) is 13.0. The Morgan fingerprint density at radius 2 is 2.14 bits per heavy atom. The van der Waals surface area contributed by atoms with Crippen molar-refractivity contribution in [1.82, 2.24) is 9.80 Å². The lowest BCUT2D eigenvalue weighted by Crippen LogP contribution is -2.79. The molecule has 2 aromatic rings.